The topological polar surface area (TPSA) is 64.4 Å². The number of ether oxygens (including phenoxy) is 1. The van der Waals surface area contributed by atoms with E-state index in [9.17, 15) is 18.0 Å². The quantitative estimate of drug-likeness (QED) is 0.859. The maximum Gasteiger partial charge on any atom is 0.427 e. The second-order valence-electron chi connectivity index (χ2n) is 3.41. The third kappa shape index (κ3) is 2.88. The molecule has 0 unspecified atom stereocenters. The predicted molar refractivity (Wildman–Crippen MR) is 46.7 cm³/mol. The number of nitrogens with zero attached hydrogens (tertiary/aromatic N) is 1. The number of hydrogen-bond donors (Lipinski definition) is 1. The molecule has 1 aromatic rings. The molecule has 0 aromatic carbocycles. The number of carbonyl (C=O) groups excluding carboxylic acids is 1. The van der Waals surface area contributed by atoms with Gasteiger partial charge in [-0.2, -0.15) is 13.2 Å². The number of nitrogens with one attached hydrogen (secondary N) is 1. The van der Waals surface area contributed by atoms with Crippen LogP contribution in [0.3, 0.4) is 0 Å². The van der Waals surface area contributed by atoms with Gasteiger partial charge in [0.25, 0.3) is 0 Å². The van der Waals surface area contributed by atoms with Gasteiger partial charge in [-0.1, -0.05) is 5.16 Å². The monoisotopic (exact) mass is 238 g/mol. The van der Waals surface area contributed by atoms with Crippen LogP contribution in [0.15, 0.2) is 16.9 Å². The van der Waals surface area contributed by atoms with E-state index in [0.717, 1.165) is 20.1 Å². The van der Waals surface area contributed by atoms with Gasteiger partial charge < -0.3 is 9.26 Å². The van der Waals surface area contributed by atoms with Crippen molar-refractivity contribution >= 4 is 11.9 Å². The zero-order valence-corrected chi connectivity index (χ0v) is 8.46. The summed E-state index contributed by atoms with van der Waals surface area (Å²) >= 11 is 0. The molecule has 1 rings (SSSR count). The highest BCUT2D eigenvalue weighted by molar-refractivity contribution is 5.83. The first kappa shape index (κ1) is 12.3. The van der Waals surface area contributed by atoms with Crippen LogP contribution in [0.25, 0.3) is 0 Å². The molecule has 1 amide bonds. The fourth-order valence-electron chi connectivity index (χ4n) is 0.697. The van der Waals surface area contributed by atoms with E-state index in [4.69, 9.17) is 0 Å². The molecule has 90 valence electrons. The molecular formula is C8H9F3N2O3. The highest BCUT2D eigenvalue weighted by atomic mass is 19.4. The molecule has 0 aliphatic carbocycles. The normalized spacial score (nSPS) is 12.3. The van der Waals surface area contributed by atoms with E-state index in [0.29, 0.717) is 0 Å². The lowest BCUT2D eigenvalue weighted by Crippen LogP contribution is -2.44. The second-order valence-corrected chi connectivity index (χ2v) is 3.41. The number of rotatable bonds is 2. The summed E-state index contributed by atoms with van der Waals surface area (Å²) in [5.74, 6) is -0.0250. The average molecular weight is 238 g/mol. The molecule has 0 atom stereocenters. The van der Waals surface area contributed by atoms with E-state index >= 15 is 0 Å². The fourth-order valence-corrected chi connectivity index (χ4v) is 0.697. The maximum atomic E-state index is 12.3. The molecule has 8 heteroatoms. The Morgan fingerprint density at radius 3 is 2.56 bits per heavy atom. The van der Waals surface area contributed by atoms with E-state index in [2.05, 4.69) is 14.4 Å². The van der Waals surface area contributed by atoms with Gasteiger partial charge in [-0.05, 0) is 13.8 Å². The van der Waals surface area contributed by atoms with E-state index in [1.54, 1.807) is 0 Å². The highest BCUT2D eigenvalue weighted by Crippen LogP contribution is 2.32. The van der Waals surface area contributed by atoms with E-state index in [-0.39, 0.29) is 5.82 Å². The SMILES string of the molecule is CC(C)(OC(=O)Nc1ccon1)C(F)(F)F. The Morgan fingerprint density at radius 1 is 1.50 bits per heavy atom. The highest BCUT2D eigenvalue weighted by Gasteiger charge is 2.50. The molecule has 0 saturated carbocycles. The van der Waals surface area contributed by atoms with Crippen LogP contribution in [0.1, 0.15) is 13.8 Å². The van der Waals surface area contributed by atoms with Gasteiger partial charge in [0.15, 0.2) is 5.82 Å². The van der Waals surface area contributed by atoms with Crippen LogP contribution in [0.5, 0.6) is 0 Å². The van der Waals surface area contributed by atoms with Crippen molar-refractivity contribution in [1.82, 2.24) is 5.16 Å². The number of halogens is 3. The number of amides is 1. The molecule has 0 aliphatic rings. The van der Waals surface area contributed by atoms with Crippen LogP contribution in [-0.2, 0) is 4.74 Å². The molecule has 0 bridgehead atoms. The first-order valence-electron chi connectivity index (χ1n) is 4.19. The van der Waals surface area contributed by atoms with Gasteiger partial charge in [-0.15, -0.1) is 0 Å². The largest absolute Gasteiger partial charge is 0.434 e. The van der Waals surface area contributed by atoms with E-state index < -0.39 is 17.9 Å². The maximum absolute atomic E-state index is 12.3. The van der Waals surface area contributed by atoms with Crippen LogP contribution in [0, 0.1) is 0 Å². The minimum absolute atomic E-state index is 0.0250. The third-order valence-electron chi connectivity index (χ3n) is 1.70. The molecule has 1 heterocycles. The molecule has 5 nitrogen and oxygen atoms in total. The van der Waals surface area contributed by atoms with Crippen molar-refractivity contribution in [2.45, 2.75) is 25.6 Å². The van der Waals surface area contributed by atoms with E-state index in [1.165, 1.54) is 6.07 Å². The molecular weight excluding hydrogens is 229 g/mol. The van der Waals surface area contributed by atoms with Crippen molar-refractivity contribution in [3.05, 3.63) is 12.3 Å². The average Bonchev–Trinajstić information content (AvgIpc) is 2.52. The summed E-state index contributed by atoms with van der Waals surface area (Å²) in [5, 5.41) is 5.26. The standard InChI is InChI=1S/C8H9F3N2O3/c1-7(2,8(9,10)11)16-6(14)12-5-3-4-15-13-5/h3-4H,1-2H3,(H,12,13,14). The Bertz CT molecular complexity index is 359. The lowest BCUT2D eigenvalue weighted by atomic mass is 10.1. The van der Waals surface area contributed by atoms with Crippen molar-refractivity contribution in [1.29, 1.82) is 0 Å². The first-order chi connectivity index (χ1) is 7.22. The number of aromatic nitrogens is 1. The summed E-state index contributed by atoms with van der Waals surface area (Å²) in [6.07, 6.45) is -4.74. The fraction of sp³-hybridized carbons (Fsp3) is 0.500. The third-order valence-corrected chi connectivity index (χ3v) is 1.70. The van der Waals surface area contributed by atoms with Crippen molar-refractivity contribution in [2.24, 2.45) is 0 Å². The smallest absolute Gasteiger partial charge is 0.427 e. The molecule has 0 aliphatic heterocycles. The lowest BCUT2D eigenvalue weighted by molar-refractivity contribution is -0.242. The van der Waals surface area contributed by atoms with Crippen molar-refractivity contribution in [3.8, 4) is 0 Å². The Balaban J connectivity index is 2.58. The van der Waals surface area contributed by atoms with Crippen LogP contribution in [0.4, 0.5) is 23.8 Å². The van der Waals surface area contributed by atoms with Gasteiger partial charge in [0.2, 0.25) is 5.60 Å². The summed E-state index contributed by atoms with van der Waals surface area (Å²) in [6.45, 7) is 1.49. The molecule has 0 saturated heterocycles. The summed E-state index contributed by atoms with van der Waals surface area (Å²) in [6, 6.07) is 1.27. The van der Waals surface area contributed by atoms with Crippen LogP contribution in [0.2, 0.25) is 0 Å². The summed E-state index contributed by atoms with van der Waals surface area (Å²) < 4.78 is 45.6. The van der Waals surface area contributed by atoms with Gasteiger partial charge in [0.05, 0.1) is 0 Å². The Kier molecular flexibility index (Phi) is 3.11. The molecule has 0 radical (unpaired) electrons. The molecule has 16 heavy (non-hydrogen) atoms. The van der Waals surface area contributed by atoms with Gasteiger partial charge >= 0.3 is 12.3 Å². The molecule has 1 N–H and O–H groups in total. The van der Waals surface area contributed by atoms with Gasteiger partial charge in [0.1, 0.15) is 6.26 Å². The Labute approximate surface area is 88.5 Å². The van der Waals surface area contributed by atoms with E-state index in [1.807, 2.05) is 5.32 Å². The van der Waals surface area contributed by atoms with Gasteiger partial charge in [0, 0.05) is 6.07 Å². The minimum atomic E-state index is -4.64. The number of alkyl halides is 3. The molecule has 1 aromatic heterocycles. The van der Waals surface area contributed by atoms with Crippen LogP contribution >= 0.6 is 0 Å². The summed E-state index contributed by atoms with van der Waals surface area (Å²) in [4.78, 5) is 11.1. The van der Waals surface area contributed by atoms with Gasteiger partial charge in [-0.25, -0.2) is 4.79 Å². The number of anilines is 1. The zero-order chi connectivity index (χ0) is 12.4. The second kappa shape index (κ2) is 4.03. The minimum Gasteiger partial charge on any atom is -0.434 e. The molecule has 0 fully saturated rings. The van der Waals surface area contributed by atoms with Crippen molar-refractivity contribution in [2.75, 3.05) is 5.32 Å². The van der Waals surface area contributed by atoms with Crippen LogP contribution < -0.4 is 5.32 Å². The number of hydrogen-bond acceptors (Lipinski definition) is 4. The van der Waals surface area contributed by atoms with Gasteiger partial charge in [-0.3, -0.25) is 5.32 Å². The number of carbonyl (C=O) groups is 1. The summed E-state index contributed by atoms with van der Waals surface area (Å²) in [5.41, 5.74) is -2.57. The van der Waals surface area contributed by atoms with Crippen molar-refractivity contribution in [3.63, 3.8) is 0 Å². The zero-order valence-electron chi connectivity index (χ0n) is 8.46. The Morgan fingerprint density at radius 2 is 2.12 bits per heavy atom. The van der Waals surface area contributed by atoms with Crippen molar-refractivity contribution < 1.29 is 27.2 Å². The predicted octanol–water partition coefficient (Wildman–Crippen LogP) is 2.56. The lowest BCUT2D eigenvalue weighted by Gasteiger charge is -2.27. The molecule has 0 spiro atoms. The van der Waals surface area contributed by atoms with Crippen LogP contribution in [-0.4, -0.2) is 23.0 Å². The summed E-state index contributed by atoms with van der Waals surface area (Å²) in [7, 11) is 0. The first-order valence-corrected chi connectivity index (χ1v) is 4.19. The Hall–Kier alpha value is -1.73.